The van der Waals surface area contributed by atoms with Crippen LogP contribution in [0.25, 0.3) is 0 Å². The molecule has 1 atom stereocenters. The van der Waals surface area contributed by atoms with Crippen LogP contribution in [0.3, 0.4) is 0 Å². The number of ether oxygens (including phenoxy) is 1. The van der Waals surface area contributed by atoms with E-state index in [1.54, 1.807) is 0 Å². The molecule has 0 radical (unpaired) electrons. The molecular weight excluding hydrogens is 284 g/mol. The molecule has 3 heteroatoms. The maximum Gasteiger partial charge on any atom is 0.123 e. The standard InChI is InChI=1S/C18H21ClO2/c1-10-11(2)21-12(3)16(10)17(19)13-6-7-15-14(8-13)18(4,5)9-20-15/h6-8,17H,9H2,1-5H3. The Bertz CT molecular complexity index is 697. The van der Waals surface area contributed by atoms with Gasteiger partial charge in [-0.05, 0) is 44.0 Å². The summed E-state index contributed by atoms with van der Waals surface area (Å²) in [4.78, 5) is 0. The van der Waals surface area contributed by atoms with Crippen molar-refractivity contribution in [1.82, 2.24) is 0 Å². The van der Waals surface area contributed by atoms with Crippen LogP contribution in [0, 0.1) is 20.8 Å². The highest BCUT2D eigenvalue weighted by Crippen LogP contribution is 2.42. The van der Waals surface area contributed by atoms with Crippen molar-refractivity contribution in [2.45, 2.75) is 45.4 Å². The average Bonchev–Trinajstić information content (AvgIpc) is 2.86. The van der Waals surface area contributed by atoms with Gasteiger partial charge in [0, 0.05) is 16.5 Å². The first-order chi connectivity index (χ1) is 9.81. The second-order valence-corrected chi connectivity index (χ2v) is 6.98. The lowest BCUT2D eigenvalue weighted by Crippen LogP contribution is -2.18. The van der Waals surface area contributed by atoms with E-state index in [1.807, 2.05) is 19.9 Å². The van der Waals surface area contributed by atoms with Gasteiger partial charge >= 0.3 is 0 Å². The lowest BCUT2D eigenvalue weighted by molar-refractivity contribution is 0.291. The van der Waals surface area contributed by atoms with Gasteiger partial charge in [0.05, 0.1) is 12.0 Å². The third kappa shape index (κ3) is 2.26. The van der Waals surface area contributed by atoms with E-state index in [0.29, 0.717) is 0 Å². The van der Waals surface area contributed by atoms with Crippen LogP contribution in [0.15, 0.2) is 22.6 Å². The number of halogens is 1. The van der Waals surface area contributed by atoms with Crippen LogP contribution in [0.4, 0.5) is 0 Å². The first-order valence-electron chi connectivity index (χ1n) is 7.29. The number of hydrogen-bond donors (Lipinski definition) is 0. The predicted molar refractivity (Wildman–Crippen MR) is 85.6 cm³/mol. The third-order valence-electron chi connectivity index (χ3n) is 4.48. The monoisotopic (exact) mass is 304 g/mol. The molecule has 1 aromatic heterocycles. The molecule has 0 saturated heterocycles. The van der Waals surface area contributed by atoms with Gasteiger partial charge in [-0.1, -0.05) is 19.9 Å². The van der Waals surface area contributed by atoms with E-state index in [0.717, 1.165) is 40.6 Å². The summed E-state index contributed by atoms with van der Waals surface area (Å²) in [5, 5.41) is -0.191. The summed E-state index contributed by atoms with van der Waals surface area (Å²) >= 11 is 6.75. The predicted octanol–water partition coefficient (Wildman–Crippen LogP) is 5.20. The minimum absolute atomic E-state index is 0.0400. The molecule has 2 nitrogen and oxygen atoms in total. The molecule has 0 saturated carbocycles. The van der Waals surface area contributed by atoms with Crippen molar-refractivity contribution in [3.05, 3.63) is 52.0 Å². The largest absolute Gasteiger partial charge is 0.492 e. The van der Waals surface area contributed by atoms with Crippen LogP contribution < -0.4 is 4.74 Å². The highest BCUT2D eigenvalue weighted by molar-refractivity contribution is 6.22. The third-order valence-corrected chi connectivity index (χ3v) is 4.96. The molecule has 1 aliphatic rings. The van der Waals surface area contributed by atoms with Crippen LogP contribution in [-0.2, 0) is 5.41 Å². The minimum Gasteiger partial charge on any atom is -0.492 e. The SMILES string of the molecule is Cc1oc(C)c(C(Cl)c2ccc3c(c2)C(C)(C)CO3)c1C. The maximum absolute atomic E-state index is 6.75. The van der Waals surface area contributed by atoms with Gasteiger partial charge in [0.15, 0.2) is 0 Å². The summed E-state index contributed by atoms with van der Waals surface area (Å²) in [6.07, 6.45) is 0. The fraction of sp³-hybridized carbons (Fsp3) is 0.444. The lowest BCUT2D eigenvalue weighted by Gasteiger charge is -2.17. The fourth-order valence-electron chi connectivity index (χ4n) is 3.05. The summed E-state index contributed by atoms with van der Waals surface area (Å²) in [6.45, 7) is 11.1. The molecule has 112 valence electrons. The Hall–Kier alpha value is -1.41. The summed E-state index contributed by atoms with van der Waals surface area (Å²) in [5.74, 6) is 2.82. The van der Waals surface area contributed by atoms with Crippen molar-refractivity contribution in [3.8, 4) is 5.75 Å². The summed E-state index contributed by atoms with van der Waals surface area (Å²) in [5.41, 5.74) is 4.61. The second-order valence-electron chi connectivity index (χ2n) is 6.54. The number of alkyl halides is 1. The van der Waals surface area contributed by atoms with Gasteiger partial charge in [-0.25, -0.2) is 0 Å². The van der Waals surface area contributed by atoms with E-state index in [-0.39, 0.29) is 10.8 Å². The summed E-state index contributed by atoms with van der Waals surface area (Å²) in [7, 11) is 0. The Morgan fingerprint density at radius 3 is 2.48 bits per heavy atom. The Kier molecular flexibility index (Phi) is 3.32. The maximum atomic E-state index is 6.75. The fourth-order valence-corrected chi connectivity index (χ4v) is 3.50. The van der Waals surface area contributed by atoms with E-state index < -0.39 is 0 Å². The quantitative estimate of drug-likeness (QED) is 0.711. The van der Waals surface area contributed by atoms with Crippen LogP contribution in [0.5, 0.6) is 5.75 Å². The highest BCUT2D eigenvalue weighted by Gasteiger charge is 2.33. The van der Waals surface area contributed by atoms with Crippen molar-refractivity contribution >= 4 is 11.6 Å². The van der Waals surface area contributed by atoms with Gasteiger partial charge < -0.3 is 9.15 Å². The number of fused-ring (bicyclic) bond motifs is 1. The average molecular weight is 305 g/mol. The van der Waals surface area contributed by atoms with Gasteiger partial charge in [-0.3, -0.25) is 0 Å². The van der Waals surface area contributed by atoms with Crippen molar-refractivity contribution in [1.29, 1.82) is 0 Å². The first-order valence-corrected chi connectivity index (χ1v) is 7.72. The van der Waals surface area contributed by atoms with Crippen LogP contribution in [-0.4, -0.2) is 6.61 Å². The molecule has 21 heavy (non-hydrogen) atoms. The number of aryl methyl sites for hydroxylation is 2. The van der Waals surface area contributed by atoms with Gasteiger partial charge in [0.2, 0.25) is 0 Å². The number of benzene rings is 1. The molecule has 0 bridgehead atoms. The van der Waals surface area contributed by atoms with Gasteiger partial charge in [0.25, 0.3) is 0 Å². The Labute approximate surface area is 131 Å². The van der Waals surface area contributed by atoms with Crippen molar-refractivity contribution in [2.24, 2.45) is 0 Å². The Morgan fingerprint density at radius 2 is 1.86 bits per heavy atom. The molecule has 3 rings (SSSR count). The van der Waals surface area contributed by atoms with Gasteiger partial charge in [-0.2, -0.15) is 0 Å². The molecule has 2 aromatic rings. The van der Waals surface area contributed by atoms with E-state index in [2.05, 4.69) is 32.9 Å². The zero-order valence-corrected chi connectivity index (χ0v) is 14.0. The molecule has 2 heterocycles. The summed E-state index contributed by atoms with van der Waals surface area (Å²) < 4.78 is 11.5. The molecule has 1 unspecified atom stereocenters. The molecular formula is C18H21ClO2. The van der Waals surface area contributed by atoms with Crippen LogP contribution in [0.2, 0.25) is 0 Å². The first kappa shape index (κ1) is 14.5. The van der Waals surface area contributed by atoms with E-state index in [1.165, 1.54) is 5.56 Å². The second kappa shape index (κ2) is 4.81. The van der Waals surface area contributed by atoms with Crippen LogP contribution >= 0.6 is 11.6 Å². The normalized spacial score (nSPS) is 17.4. The zero-order chi connectivity index (χ0) is 15.4. The van der Waals surface area contributed by atoms with Gasteiger partial charge in [-0.15, -0.1) is 11.6 Å². The molecule has 0 spiro atoms. The number of furan rings is 1. The van der Waals surface area contributed by atoms with Crippen molar-refractivity contribution in [2.75, 3.05) is 6.61 Å². The topological polar surface area (TPSA) is 22.4 Å². The number of rotatable bonds is 2. The highest BCUT2D eigenvalue weighted by atomic mass is 35.5. The van der Waals surface area contributed by atoms with Gasteiger partial charge in [0.1, 0.15) is 17.3 Å². The van der Waals surface area contributed by atoms with E-state index in [9.17, 15) is 0 Å². The smallest absolute Gasteiger partial charge is 0.123 e. The molecule has 0 aliphatic carbocycles. The van der Waals surface area contributed by atoms with E-state index in [4.69, 9.17) is 20.8 Å². The molecule has 0 N–H and O–H groups in total. The molecule has 0 amide bonds. The zero-order valence-electron chi connectivity index (χ0n) is 13.2. The molecule has 1 aromatic carbocycles. The van der Waals surface area contributed by atoms with Crippen molar-refractivity contribution < 1.29 is 9.15 Å². The Morgan fingerprint density at radius 1 is 1.14 bits per heavy atom. The number of hydrogen-bond acceptors (Lipinski definition) is 2. The lowest BCUT2D eigenvalue weighted by atomic mass is 9.85. The van der Waals surface area contributed by atoms with Crippen LogP contribution in [0.1, 0.15) is 53.0 Å². The molecule has 0 fully saturated rings. The Balaban J connectivity index is 2.05. The van der Waals surface area contributed by atoms with E-state index >= 15 is 0 Å². The van der Waals surface area contributed by atoms with Crippen molar-refractivity contribution in [3.63, 3.8) is 0 Å². The summed E-state index contributed by atoms with van der Waals surface area (Å²) in [6, 6.07) is 6.27. The molecule has 1 aliphatic heterocycles. The minimum atomic E-state index is -0.191.